The van der Waals surface area contributed by atoms with Crippen molar-refractivity contribution in [2.24, 2.45) is 0 Å². The van der Waals surface area contributed by atoms with E-state index in [1.165, 1.54) is 6.07 Å². The zero-order valence-electron chi connectivity index (χ0n) is 8.47. The van der Waals surface area contributed by atoms with Gasteiger partial charge in [0.05, 0.1) is 0 Å². The topological polar surface area (TPSA) is 23.9 Å². The molecule has 14 heavy (non-hydrogen) atoms. The summed E-state index contributed by atoms with van der Waals surface area (Å²) >= 11 is 0. The fourth-order valence-corrected chi connectivity index (χ4v) is 1.19. The van der Waals surface area contributed by atoms with Crippen LogP contribution in [0.2, 0.25) is 0 Å². The summed E-state index contributed by atoms with van der Waals surface area (Å²) in [6, 6.07) is 4.77. The molecule has 1 aromatic rings. The first-order valence-electron chi connectivity index (χ1n) is 4.60. The van der Waals surface area contributed by atoms with Crippen molar-refractivity contribution in [3.05, 3.63) is 47.3 Å². The van der Waals surface area contributed by atoms with E-state index in [0.717, 1.165) is 5.56 Å². The van der Waals surface area contributed by atoms with Crippen molar-refractivity contribution in [3.63, 3.8) is 0 Å². The minimum atomic E-state index is -0.215. The fourth-order valence-electron chi connectivity index (χ4n) is 1.19. The van der Waals surface area contributed by atoms with Crippen molar-refractivity contribution >= 4 is 5.71 Å². The first-order valence-corrected chi connectivity index (χ1v) is 4.60. The Balaban J connectivity index is 2.86. The van der Waals surface area contributed by atoms with Crippen molar-refractivity contribution in [2.45, 2.75) is 20.3 Å². The van der Waals surface area contributed by atoms with E-state index in [1.54, 1.807) is 19.1 Å². The highest BCUT2D eigenvalue weighted by atomic mass is 19.1. The lowest BCUT2D eigenvalue weighted by Gasteiger charge is -2.03. The van der Waals surface area contributed by atoms with Crippen LogP contribution in [0.4, 0.5) is 4.39 Å². The summed E-state index contributed by atoms with van der Waals surface area (Å²) in [6.45, 7) is 3.63. The van der Waals surface area contributed by atoms with Crippen molar-refractivity contribution in [2.75, 3.05) is 0 Å². The number of halogens is 1. The van der Waals surface area contributed by atoms with Crippen LogP contribution in [0.5, 0.6) is 0 Å². The van der Waals surface area contributed by atoms with E-state index in [1.807, 2.05) is 19.1 Å². The third kappa shape index (κ3) is 2.52. The molecule has 0 heterocycles. The average molecular weight is 191 g/mol. The standard InChI is InChI=1S/C12H14FN/c1-3-4-5-12(14)10-6-7-11(13)9(2)8-10/h3-4,6-8,14H,5H2,1-2H3/b4-3+,14-12?. The van der Waals surface area contributed by atoms with Gasteiger partial charge >= 0.3 is 0 Å². The number of hydrogen-bond donors (Lipinski definition) is 1. The summed E-state index contributed by atoms with van der Waals surface area (Å²) in [5.74, 6) is -0.215. The Hall–Kier alpha value is -1.44. The van der Waals surface area contributed by atoms with Gasteiger partial charge in [0.25, 0.3) is 0 Å². The second-order valence-corrected chi connectivity index (χ2v) is 3.22. The third-order valence-corrected chi connectivity index (χ3v) is 2.06. The molecule has 1 rings (SSSR count). The molecule has 0 aliphatic rings. The first kappa shape index (κ1) is 10.6. The summed E-state index contributed by atoms with van der Waals surface area (Å²) in [7, 11) is 0. The van der Waals surface area contributed by atoms with Gasteiger partial charge in [0.15, 0.2) is 0 Å². The summed E-state index contributed by atoms with van der Waals surface area (Å²) in [5, 5.41) is 7.73. The number of hydrogen-bond acceptors (Lipinski definition) is 1. The quantitative estimate of drug-likeness (QED) is 0.558. The zero-order chi connectivity index (χ0) is 10.6. The van der Waals surface area contributed by atoms with E-state index in [4.69, 9.17) is 5.41 Å². The maximum absolute atomic E-state index is 12.9. The average Bonchev–Trinajstić information content (AvgIpc) is 2.18. The Kier molecular flexibility index (Phi) is 3.57. The maximum Gasteiger partial charge on any atom is 0.126 e. The highest BCUT2D eigenvalue weighted by Gasteiger charge is 2.02. The number of benzene rings is 1. The highest BCUT2D eigenvalue weighted by molar-refractivity contribution is 5.99. The summed E-state index contributed by atoms with van der Waals surface area (Å²) < 4.78 is 12.9. The Labute approximate surface area is 83.8 Å². The van der Waals surface area contributed by atoms with Crippen molar-refractivity contribution in [1.29, 1.82) is 5.41 Å². The van der Waals surface area contributed by atoms with Crippen molar-refractivity contribution < 1.29 is 4.39 Å². The molecule has 0 atom stereocenters. The molecule has 74 valence electrons. The molecule has 0 bridgehead atoms. The Morgan fingerprint density at radius 2 is 2.21 bits per heavy atom. The number of allylic oxidation sites excluding steroid dienone is 2. The minimum absolute atomic E-state index is 0.215. The third-order valence-electron chi connectivity index (χ3n) is 2.06. The van der Waals surface area contributed by atoms with E-state index >= 15 is 0 Å². The normalized spacial score (nSPS) is 10.8. The highest BCUT2D eigenvalue weighted by Crippen LogP contribution is 2.11. The largest absolute Gasteiger partial charge is 0.304 e. The van der Waals surface area contributed by atoms with Crippen LogP contribution < -0.4 is 0 Å². The van der Waals surface area contributed by atoms with E-state index in [0.29, 0.717) is 17.7 Å². The summed E-state index contributed by atoms with van der Waals surface area (Å²) in [6.07, 6.45) is 4.42. The van der Waals surface area contributed by atoms with Crippen LogP contribution in [0.15, 0.2) is 30.4 Å². The Morgan fingerprint density at radius 1 is 1.50 bits per heavy atom. The fraction of sp³-hybridized carbons (Fsp3) is 0.250. The van der Waals surface area contributed by atoms with E-state index in [-0.39, 0.29) is 5.82 Å². The molecular formula is C12H14FN. The van der Waals surface area contributed by atoms with Crippen LogP contribution in [0.1, 0.15) is 24.5 Å². The van der Waals surface area contributed by atoms with Crippen LogP contribution in [0, 0.1) is 18.2 Å². The smallest absolute Gasteiger partial charge is 0.126 e. The molecule has 0 radical (unpaired) electrons. The van der Waals surface area contributed by atoms with Crippen LogP contribution in [0.25, 0.3) is 0 Å². The van der Waals surface area contributed by atoms with Crippen LogP contribution in [0.3, 0.4) is 0 Å². The van der Waals surface area contributed by atoms with E-state index < -0.39 is 0 Å². The van der Waals surface area contributed by atoms with Gasteiger partial charge < -0.3 is 5.41 Å². The molecule has 0 fully saturated rings. The molecule has 0 spiro atoms. The molecule has 0 amide bonds. The Morgan fingerprint density at radius 3 is 2.79 bits per heavy atom. The van der Waals surface area contributed by atoms with Gasteiger partial charge in [0, 0.05) is 12.1 Å². The van der Waals surface area contributed by atoms with Gasteiger partial charge in [-0.05, 0) is 37.1 Å². The number of nitrogens with one attached hydrogen (secondary N) is 1. The first-order chi connectivity index (χ1) is 6.65. The molecule has 0 aliphatic heterocycles. The van der Waals surface area contributed by atoms with Crippen molar-refractivity contribution in [1.82, 2.24) is 0 Å². The monoisotopic (exact) mass is 191 g/mol. The molecule has 0 unspecified atom stereocenters. The molecule has 2 heteroatoms. The molecule has 1 nitrogen and oxygen atoms in total. The van der Waals surface area contributed by atoms with Crippen LogP contribution in [-0.2, 0) is 0 Å². The van der Waals surface area contributed by atoms with E-state index in [2.05, 4.69) is 0 Å². The van der Waals surface area contributed by atoms with E-state index in [9.17, 15) is 4.39 Å². The minimum Gasteiger partial charge on any atom is -0.304 e. The molecule has 0 aromatic heterocycles. The summed E-state index contributed by atoms with van der Waals surface area (Å²) in [5.41, 5.74) is 1.90. The lowest BCUT2D eigenvalue weighted by molar-refractivity contribution is 0.618. The van der Waals surface area contributed by atoms with Gasteiger partial charge in [-0.1, -0.05) is 18.2 Å². The SMILES string of the molecule is C/C=C/CC(=N)c1ccc(F)c(C)c1. The second-order valence-electron chi connectivity index (χ2n) is 3.22. The van der Waals surface area contributed by atoms with Gasteiger partial charge in [0.2, 0.25) is 0 Å². The molecular weight excluding hydrogens is 177 g/mol. The van der Waals surface area contributed by atoms with Gasteiger partial charge in [0.1, 0.15) is 5.82 Å². The zero-order valence-corrected chi connectivity index (χ0v) is 8.47. The predicted octanol–water partition coefficient (Wildman–Crippen LogP) is 3.47. The van der Waals surface area contributed by atoms with Gasteiger partial charge in [-0.2, -0.15) is 0 Å². The van der Waals surface area contributed by atoms with Crippen molar-refractivity contribution in [3.8, 4) is 0 Å². The predicted molar refractivity (Wildman–Crippen MR) is 57.4 cm³/mol. The van der Waals surface area contributed by atoms with Crippen LogP contribution in [-0.4, -0.2) is 5.71 Å². The molecule has 0 saturated carbocycles. The lowest BCUT2D eigenvalue weighted by atomic mass is 10.0. The lowest BCUT2D eigenvalue weighted by Crippen LogP contribution is -1.98. The molecule has 1 N–H and O–H groups in total. The van der Waals surface area contributed by atoms with Gasteiger partial charge in [-0.25, -0.2) is 4.39 Å². The maximum atomic E-state index is 12.9. The van der Waals surface area contributed by atoms with Gasteiger partial charge in [-0.3, -0.25) is 0 Å². The number of rotatable bonds is 3. The Bertz CT molecular complexity index is 367. The van der Waals surface area contributed by atoms with Crippen LogP contribution >= 0.6 is 0 Å². The second kappa shape index (κ2) is 4.70. The molecule has 1 aromatic carbocycles. The van der Waals surface area contributed by atoms with Gasteiger partial charge in [-0.15, -0.1) is 0 Å². The number of aryl methyl sites for hydroxylation is 1. The molecule has 0 saturated heterocycles. The summed E-state index contributed by atoms with van der Waals surface area (Å²) in [4.78, 5) is 0. The molecule has 0 aliphatic carbocycles.